The van der Waals surface area contributed by atoms with Crippen molar-refractivity contribution in [1.82, 2.24) is 15.3 Å². The third kappa shape index (κ3) is 5.40. The molecule has 2 heterocycles. The lowest BCUT2D eigenvalue weighted by atomic mass is 9.83. The van der Waals surface area contributed by atoms with Crippen molar-refractivity contribution in [1.29, 1.82) is 0 Å². The second-order valence-electron chi connectivity index (χ2n) is 8.70. The van der Waals surface area contributed by atoms with Gasteiger partial charge in [-0.15, -0.1) is 0 Å². The van der Waals surface area contributed by atoms with Gasteiger partial charge in [0.1, 0.15) is 0 Å². The van der Waals surface area contributed by atoms with Gasteiger partial charge in [-0.1, -0.05) is 13.2 Å². The minimum absolute atomic E-state index is 0.192. The molecular formula is C25H25F5N4. The topological polar surface area (TPSA) is 52.7 Å². The Balaban J connectivity index is 1.26. The van der Waals surface area contributed by atoms with Crippen LogP contribution in [0.15, 0.2) is 61.2 Å². The molecule has 180 valence electrons. The number of fused-ring (bicyclic) bond motifs is 1. The van der Waals surface area contributed by atoms with Crippen LogP contribution in [0, 0.1) is 17.6 Å². The van der Waals surface area contributed by atoms with Crippen molar-refractivity contribution in [2.45, 2.75) is 44.3 Å². The number of nitrogens with one attached hydrogen (secondary N) is 3. The molecule has 4 rings (SSSR count). The van der Waals surface area contributed by atoms with Gasteiger partial charge >= 0.3 is 6.18 Å². The third-order valence-electron chi connectivity index (χ3n) is 6.25. The Hall–Kier alpha value is -3.36. The van der Waals surface area contributed by atoms with E-state index in [9.17, 15) is 22.0 Å². The number of hydrogen-bond acceptors (Lipinski definition) is 3. The Morgan fingerprint density at radius 3 is 2.38 bits per heavy atom. The van der Waals surface area contributed by atoms with Gasteiger partial charge in [-0.05, 0) is 56.2 Å². The van der Waals surface area contributed by atoms with E-state index in [0.29, 0.717) is 46.0 Å². The van der Waals surface area contributed by atoms with Gasteiger partial charge in [0.25, 0.3) is 0 Å². The maximum Gasteiger partial charge on any atom is 0.417 e. The van der Waals surface area contributed by atoms with Gasteiger partial charge in [0.05, 0.1) is 28.2 Å². The van der Waals surface area contributed by atoms with E-state index in [-0.39, 0.29) is 6.04 Å². The standard InChI is InChI=1S/C25H25F5N4/c1-14(15(2)34-24-13-32-23-11-22(27)21(26)10-20(23)24)33-18-6-3-16(4-7-18)9-19-8-5-17(12-31-19)25(28,29)30/h5,8,10-13,16,18,32-34H,1-4,6-7,9H2. The monoisotopic (exact) mass is 476 g/mol. The molecule has 34 heavy (non-hydrogen) atoms. The summed E-state index contributed by atoms with van der Waals surface area (Å²) in [4.78, 5) is 6.88. The summed E-state index contributed by atoms with van der Waals surface area (Å²) >= 11 is 0. The molecule has 0 radical (unpaired) electrons. The Kier molecular flexibility index (Phi) is 6.63. The zero-order valence-electron chi connectivity index (χ0n) is 18.4. The highest BCUT2D eigenvalue weighted by molar-refractivity contribution is 5.93. The lowest BCUT2D eigenvalue weighted by Gasteiger charge is -2.30. The fourth-order valence-corrected chi connectivity index (χ4v) is 4.31. The van der Waals surface area contributed by atoms with Gasteiger partial charge in [-0.3, -0.25) is 4.98 Å². The lowest BCUT2D eigenvalue weighted by molar-refractivity contribution is -0.137. The Morgan fingerprint density at radius 1 is 1.03 bits per heavy atom. The number of H-pyrrole nitrogens is 1. The molecule has 1 saturated carbocycles. The molecule has 1 aliphatic rings. The van der Waals surface area contributed by atoms with E-state index >= 15 is 0 Å². The fraction of sp³-hybridized carbons (Fsp3) is 0.320. The molecular weight excluding hydrogens is 451 g/mol. The second kappa shape index (κ2) is 9.48. The third-order valence-corrected chi connectivity index (χ3v) is 6.25. The zero-order valence-corrected chi connectivity index (χ0v) is 18.4. The molecule has 0 atom stereocenters. The van der Waals surface area contributed by atoms with Gasteiger partial charge in [0.15, 0.2) is 11.6 Å². The van der Waals surface area contributed by atoms with Crippen molar-refractivity contribution in [3.05, 3.63) is 84.1 Å². The number of rotatable bonds is 7. The van der Waals surface area contributed by atoms with E-state index in [2.05, 4.69) is 33.8 Å². The number of alkyl halides is 3. The molecule has 0 saturated heterocycles. The average molecular weight is 476 g/mol. The van der Waals surface area contributed by atoms with Crippen molar-refractivity contribution in [3.8, 4) is 0 Å². The Labute approximate surface area is 194 Å². The molecule has 3 N–H and O–H groups in total. The van der Waals surface area contributed by atoms with Crippen molar-refractivity contribution in [3.63, 3.8) is 0 Å². The molecule has 9 heteroatoms. The summed E-state index contributed by atoms with van der Waals surface area (Å²) in [7, 11) is 0. The first-order valence-corrected chi connectivity index (χ1v) is 11.0. The maximum absolute atomic E-state index is 13.6. The van der Waals surface area contributed by atoms with E-state index in [1.54, 1.807) is 6.20 Å². The highest BCUT2D eigenvalue weighted by Crippen LogP contribution is 2.31. The SMILES string of the molecule is C=C(Nc1c[nH]c2cc(F)c(F)cc12)C(=C)NC1CCC(Cc2ccc(C(F)(F)F)cn2)CC1. The van der Waals surface area contributed by atoms with Crippen LogP contribution in [-0.2, 0) is 12.6 Å². The molecule has 3 aromatic rings. The number of benzene rings is 1. The normalized spacial score (nSPS) is 18.6. The largest absolute Gasteiger partial charge is 0.417 e. The molecule has 0 aliphatic heterocycles. The highest BCUT2D eigenvalue weighted by Gasteiger charge is 2.31. The van der Waals surface area contributed by atoms with E-state index in [0.717, 1.165) is 50.1 Å². The maximum atomic E-state index is 13.6. The number of nitrogens with zero attached hydrogens (tertiary/aromatic N) is 1. The van der Waals surface area contributed by atoms with Crippen LogP contribution in [0.5, 0.6) is 0 Å². The van der Waals surface area contributed by atoms with Crippen molar-refractivity contribution in [2.75, 3.05) is 5.32 Å². The predicted molar refractivity (Wildman–Crippen MR) is 122 cm³/mol. The van der Waals surface area contributed by atoms with Gasteiger partial charge in [-0.2, -0.15) is 13.2 Å². The van der Waals surface area contributed by atoms with Crippen LogP contribution < -0.4 is 10.6 Å². The molecule has 2 aromatic heterocycles. The van der Waals surface area contributed by atoms with Gasteiger partial charge in [0.2, 0.25) is 0 Å². The summed E-state index contributed by atoms with van der Waals surface area (Å²) in [6.07, 6.45) is 2.38. The smallest absolute Gasteiger partial charge is 0.381 e. The number of halogens is 5. The van der Waals surface area contributed by atoms with Crippen molar-refractivity contribution in [2.24, 2.45) is 5.92 Å². The summed E-state index contributed by atoms with van der Waals surface area (Å²) < 4.78 is 65.1. The van der Waals surface area contributed by atoms with Crippen LogP contribution in [0.1, 0.15) is 36.9 Å². The molecule has 1 aromatic carbocycles. The summed E-state index contributed by atoms with van der Waals surface area (Å²) in [5.74, 6) is -1.49. The zero-order chi connectivity index (χ0) is 24.5. The highest BCUT2D eigenvalue weighted by atomic mass is 19.4. The van der Waals surface area contributed by atoms with Crippen LogP contribution in [0.3, 0.4) is 0 Å². The van der Waals surface area contributed by atoms with Gasteiger partial charge in [-0.25, -0.2) is 8.78 Å². The minimum atomic E-state index is -4.38. The van der Waals surface area contributed by atoms with Crippen LogP contribution in [0.25, 0.3) is 10.9 Å². The van der Waals surface area contributed by atoms with Gasteiger partial charge < -0.3 is 15.6 Å². The number of hydrogen-bond donors (Lipinski definition) is 3. The van der Waals surface area contributed by atoms with Crippen molar-refractivity contribution >= 4 is 16.6 Å². The summed E-state index contributed by atoms with van der Waals surface area (Å²) in [6.45, 7) is 8.03. The molecule has 0 amide bonds. The molecule has 0 unspecified atom stereocenters. The number of aromatic nitrogens is 2. The van der Waals surface area contributed by atoms with Crippen LogP contribution >= 0.6 is 0 Å². The van der Waals surface area contributed by atoms with E-state index in [1.807, 2.05) is 0 Å². The predicted octanol–water partition coefficient (Wildman–Crippen LogP) is 6.69. The van der Waals surface area contributed by atoms with Gasteiger partial charge in [0, 0.05) is 35.6 Å². The number of anilines is 1. The minimum Gasteiger partial charge on any atom is -0.381 e. The van der Waals surface area contributed by atoms with Crippen molar-refractivity contribution < 1.29 is 22.0 Å². The van der Waals surface area contributed by atoms with Crippen LogP contribution in [0.2, 0.25) is 0 Å². The number of pyridine rings is 1. The summed E-state index contributed by atoms with van der Waals surface area (Å²) in [5.41, 5.74) is 2.08. The average Bonchev–Trinajstić information content (AvgIpc) is 3.16. The van der Waals surface area contributed by atoms with Crippen LogP contribution in [0.4, 0.5) is 27.6 Å². The summed E-state index contributed by atoms with van der Waals surface area (Å²) in [5, 5.41) is 6.96. The first kappa shape index (κ1) is 23.8. The first-order valence-electron chi connectivity index (χ1n) is 11.0. The van der Waals surface area contributed by atoms with E-state index in [4.69, 9.17) is 0 Å². The lowest BCUT2D eigenvalue weighted by Crippen LogP contribution is -2.34. The van der Waals surface area contributed by atoms with Crippen LogP contribution in [-0.4, -0.2) is 16.0 Å². The Bertz CT molecular complexity index is 1190. The summed E-state index contributed by atoms with van der Waals surface area (Å²) in [6, 6.07) is 4.95. The van der Waals surface area contributed by atoms with E-state index in [1.165, 1.54) is 6.07 Å². The first-order chi connectivity index (χ1) is 16.1. The second-order valence-corrected chi connectivity index (χ2v) is 8.70. The Morgan fingerprint density at radius 2 is 1.74 bits per heavy atom. The molecule has 0 bridgehead atoms. The molecule has 0 spiro atoms. The molecule has 1 aliphatic carbocycles. The number of aromatic amines is 1. The molecule has 1 fully saturated rings. The van der Waals surface area contributed by atoms with E-state index < -0.39 is 23.4 Å². The quantitative estimate of drug-likeness (QED) is 0.263. The molecule has 4 nitrogen and oxygen atoms in total. The fourth-order valence-electron chi connectivity index (χ4n) is 4.31.